The SMILES string of the molecule is CN=C(NCCOCCOC)NCC(C)(C)Sc1ccc(Br)cc1.I. The number of hydrogen-bond acceptors (Lipinski definition) is 4. The number of ether oxygens (including phenoxy) is 2. The van der Waals surface area contributed by atoms with Crippen molar-refractivity contribution in [3.63, 3.8) is 0 Å². The van der Waals surface area contributed by atoms with Gasteiger partial charge in [-0.2, -0.15) is 0 Å². The molecule has 8 heteroatoms. The lowest BCUT2D eigenvalue weighted by Crippen LogP contribution is -2.44. The molecule has 0 amide bonds. The molecule has 0 saturated heterocycles. The minimum absolute atomic E-state index is 0. The van der Waals surface area contributed by atoms with Gasteiger partial charge < -0.3 is 20.1 Å². The highest BCUT2D eigenvalue weighted by atomic mass is 127. The molecular formula is C17H29BrIN3O2S. The number of guanidine groups is 1. The molecule has 0 bridgehead atoms. The monoisotopic (exact) mass is 545 g/mol. The Morgan fingerprint density at radius 2 is 1.84 bits per heavy atom. The molecule has 0 fully saturated rings. The number of aliphatic imine (C=N–C) groups is 1. The van der Waals surface area contributed by atoms with E-state index in [1.165, 1.54) is 4.90 Å². The van der Waals surface area contributed by atoms with Gasteiger partial charge in [-0.25, -0.2) is 0 Å². The molecule has 0 heterocycles. The number of nitrogens with one attached hydrogen (secondary N) is 2. The van der Waals surface area contributed by atoms with Gasteiger partial charge in [-0.3, -0.25) is 4.99 Å². The van der Waals surface area contributed by atoms with Gasteiger partial charge in [-0.05, 0) is 38.1 Å². The fourth-order valence-electron chi connectivity index (χ4n) is 1.86. The van der Waals surface area contributed by atoms with Gasteiger partial charge in [0.25, 0.3) is 0 Å². The van der Waals surface area contributed by atoms with Crippen LogP contribution in [0.3, 0.4) is 0 Å². The zero-order valence-electron chi connectivity index (χ0n) is 15.3. The van der Waals surface area contributed by atoms with E-state index in [2.05, 4.69) is 69.7 Å². The molecule has 1 aromatic carbocycles. The Morgan fingerprint density at radius 1 is 1.16 bits per heavy atom. The predicted molar refractivity (Wildman–Crippen MR) is 122 cm³/mol. The minimum Gasteiger partial charge on any atom is -0.382 e. The van der Waals surface area contributed by atoms with Gasteiger partial charge >= 0.3 is 0 Å². The van der Waals surface area contributed by atoms with Crippen molar-refractivity contribution in [1.82, 2.24) is 10.6 Å². The second-order valence-electron chi connectivity index (χ2n) is 5.77. The minimum atomic E-state index is 0. The number of methoxy groups -OCH3 is 1. The second-order valence-corrected chi connectivity index (χ2v) is 8.47. The Kier molecular flexibility index (Phi) is 14.1. The highest BCUT2D eigenvalue weighted by Gasteiger charge is 2.19. The molecule has 0 saturated carbocycles. The third-order valence-corrected chi connectivity index (χ3v) is 4.82. The summed E-state index contributed by atoms with van der Waals surface area (Å²) in [6.45, 7) is 7.81. The van der Waals surface area contributed by atoms with Crippen LogP contribution in [0.1, 0.15) is 13.8 Å². The zero-order chi connectivity index (χ0) is 17.8. The third kappa shape index (κ3) is 12.1. The first-order chi connectivity index (χ1) is 11.5. The van der Waals surface area contributed by atoms with Crippen LogP contribution in [-0.2, 0) is 9.47 Å². The molecular weight excluding hydrogens is 517 g/mol. The molecule has 0 aliphatic rings. The van der Waals surface area contributed by atoms with Crippen LogP contribution in [0.25, 0.3) is 0 Å². The maximum atomic E-state index is 5.42. The Morgan fingerprint density at radius 3 is 2.44 bits per heavy atom. The van der Waals surface area contributed by atoms with E-state index in [-0.39, 0.29) is 28.7 Å². The van der Waals surface area contributed by atoms with Gasteiger partial charge in [0.05, 0.1) is 19.8 Å². The highest BCUT2D eigenvalue weighted by molar-refractivity contribution is 14.0. The molecule has 0 spiro atoms. The van der Waals surface area contributed by atoms with Gasteiger partial charge in [0.15, 0.2) is 5.96 Å². The Hall–Kier alpha value is -0.0300. The summed E-state index contributed by atoms with van der Waals surface area (Å²) in [6.07, 6.45) is 0. The van der Waals surface area contributed by atoms with Crippen molar-refractivity contribution in [3.05, 3.63) is 28.7 Å². The zero-order valence-corrected chi connectivity index (χ0v) is 20.0. The lowest BCUT2D eigenvalue weighted by molar-refractivity contribution is 0.0733. The van der Waals surface area contributed by atoms with Gasteiger partial charge in [0.1, 0.15) is 0 Å². The van der Waals surface area contributed by atoms with E-state index in [1.54, 1.807) is 14.2 Å². The predicted octanol–water partition coefficient (Wildman–Crippen LogP) is 3.77. The van der Waals surface area contributed by atoms with E-state index >= 15 is 0 Å². The fraction of sp³-hybridized carbons (Fsp3) is 0.588. The molecule has 0 radical (unpaired) electrons. The van der Waals surface area contributed by atoms with Crippen molar-refractivity contribution in [2.75, 3.05) is 47.1 Å². The van der Waals surface area contributed by atoms with Crippen molar-refractivity contribution in [2.24, 2.45) is 4.99 Å². The van der Waals surface area contributed by atoms with E-state index in [0.717, 1.165) is 17.0 Å². The third-order valence-electron chi connectivity index (χ3n) is 3.08. The molecule has 0 aromatic heterocycles. The number of hydrogen-bond donors (Lipinski definition) is 2. The molecule has 25 heavy (non-hydrogen) atoms. The van der Waals surface area contributed by atoms with E-state index in [0.29, 0.717) is 26.4 Å². The summed E-state index contributed by atoms with van der Waals surface area (Å²) < 4.78 is 11.5. The van der Waals surface area contributed by atoms with E-state index in [4.69, 9.17) is 9.47 Å². The molecule has 1 aromatic rings. The van der Waals surface area contributed by atoms with Crippen LogP contribution in [-0.4, -0.2) is 57.8 Å². The number of rotatable bonds is 10. The van der Waals surface area contributed by atoms with Gasteiger partial charge in [0.2, 0.25) is 0 Å². The summed E-state index contributed by atoms with van der Waals surface area (Å²) in [4.78, 5) is 5.49. The summed E-state index contributed by atoms with van der Waals surface area (Å²) in [7, 11) is 3.44. The van der Waals surface area contributed by atoms with Gasteiger partial charge in [-0.15, -0.1) is 35.7 Å². The molecule has 0 atom stereocenters. The summed E-state index contributed by atoms with van der Waals surface area (Å²) >= 11 is 5.30. The van der Waals surface area contributed by atoms with E-state index in [9.17, 15) is 0 Å². The normalized spacial score (nSPS) is 11.8. The first-order valence-electron chi connectivity index (χ1n) is 7.92. The summed E-state index contributed by atoms with van der Waals surface area (Å²) in [5.41, 5.74) is 0. The van der Waals surface area contributed by atoms with E-state index in [1.807, 2.05) is 11.8 Å². The van der Waals surface area contributed by atoms with Crippen LogP contribution in [0.4, 0.5) is 0 Å². The van der Waals surface area contributed by atoms with Gasteiger partial charge in [-0.1, -0.05) is 15.9 Å². The average Bonchev–Trinajstić information content (AvgIpc) is 2.55. The molecule has 1 rings (SSSR count). The fourth-order valence-corrected chi connectivity index (χ4v) is 3.18. The van der Waals surface area contributed by atoms with Crippen LogP contribution in [0.5, 0.6) is 0 Å². The maximum Gasteiger partial charge on any atom is 0.191 e. The van der Waals surface area contributed by atoms with Crippen LogP contribution >= 0.6 is 51.7 Å². The lowest BCUT2D eigenvalue weighted by Gasteiger charge is -2.25. The largest absolute Gasteiger partial charge is 0.382 e. The number of benzene rings is 1. The smallest absolute Gasteiger partial charge is 0.191 e. The Labute approximate surface area is 181 Å². The number of halogens is 2. The first-order valence-corrected chi connectivity index (χ1v) is 9.53. The van der Waals surface area contributed by atoms with Crippen LogP contribution < -0.4 is 10.6 Å². The molecule has 144 valence electrons. The highest BCUT2D eigenvalue weighted by Crippen LogP contribution is 2.32. The average molecular weight is 546 g/mol. The molecule has 0 aliphatic heterocycles. The van der Waals surface area contributed by atoms with E-state index < -0.39 is 0 Å². The number of thioether (sulfide) groups is 1. The van der Waals surface area contributed by atoms with Crippen molar-refractivity contribution in [1.29, 1.82) is 0 Å². The van der Waals surface area contributed by atoms with Crippen LogP contribution in [0.15, 0.2) is 38.6 Å². The van der Waals surface area contributed by atoms with Crippen LogP contribution in [0, 0.1) is 0 Å². The van der Waals surface area contributed by atoms with Crippen molar-refractivity contribution < 1.29 is 9.47 Å². The maximum absolute atomic E-state index is 5.42. The standard InChI is InChI=1S/C17H28BrN3O2S.HI/c1-17(2,24-15-7-5-14(18)6-8-15)13-21-16(19-3)20-9-10-23-12-11-22-4;/h5-8H,9-13H2,1-4H3,(H2,19,20,21);1H. The molecule has 5 nitrogen and oxygen atoms in total. The van der Waals surface area contributed by atoms with Crippen LogP contribution in [0.2, 0.25) is 0 Å². The molecule has 0 unspecified atom stereocenters. The second kappa shape index (κ2) is 14.1. The summed E-state index contributed by atoms with van der Waals surface area (Å²) in [5.74, 6) is 0.787. The van der Waals surface area contributed by atoms with Crippen molar-refractivity contribution in [3.8, 4) is 0 Å². The number of nitrogens with zero attached hydrogens (tertiary/aromatic N) is 1. The Balaban J connectivity index is 0.00000576. The van der Waals surface area contributed by atoms with Crippen molar-refractivity contribution in [2.45, 2.75) is 23.5 Å². The summed E-state index contributed by atoms with van der Waals surface area (Å²) in [5, 5.41) is 6.62. The lowest BCUT2D eigenvalue weighted by atomic mass is 10.2. The quantitative estimate of drug-likeness (QED) is 0.154. The molecule has 0 aliphatic carbocycles. The molecule has 2 N–H and O–H groups in total. The Bertz CT molecular complexity index is 501. The van der Waals surface area contributed by atoms with Gasteiger partial charge in [0, 0.05) is 41.4 Å². The van der Waals surface area contributed by atoms with Crippen molar-refractivity contribution >= 4 is 57.6 Å². The first kappa shape index (κ1) is 25.0. The topological polar surface area (TPSA) is 54.9 Å². The summed E-state index contributed by atoms with van der Waals surface area (Å²) in [6, 6.07) is 8.38.